The van der Waals surface area contributed by atoms with Crippen molar-refractivity contribution in [1.29, 1.82) is 0 Å². The Hall–Kier alpha value is -2.59. The van der Waals surface area contributed by atoms with Crippen LogP contribution in [-0.4, -0.2) is 25.8 Å². The smallest absolute Gasteiger partial charge is 0.431 e. The average molecular weight is 490 g/mol. The van der Waals surface area contributed by atoms with Gasteiger partial charge in [-0.3, -0.25) is 4.79 Å². The van der Waals surface area contributed by atoms with E-state index in [-0.39, 0.29) is 18.7 Å². The van der Waals surface area contributed by atoms with Crippen LogP contribution in [0.1, 0.15) is 60.5 Å². The Morgan fingerprint density at radius 3 is 2.30 bits per heavy atom. The summed E-state index contributed by atoms with van der Waals surface area (Å²) in [6.45, 7) is 13.5. The molecule has 1 heterocycles. The first-order valence-corrected chi connectivity index (χ1v) is 11.0. The number of nitrogens with zero attached hydrogens (tertiary/aromatic N) is 1. The second-order valence-corrected chi connectivity index (χ2v) is 6.66. The Bertz CT molecular complexity index is 812. The minimum atomic E-state index is -4.44. The number of carbonyl (C=O) groups excluding carboxylic acids is 1. The number of hydrogen-bond donors (Lipinski definition) is 0. The zero-order valence-corrected chi connectivity index (χ0v) is 21.2. The van der Waals surface area contributed by atoms with Crippen molar-refractivity contribution in [3.8, 4) is 12.3 Å². The van der Waals surface area contributed by atoms with Gasteiger partial charge in [0.05, 0.1) is 13.2 Å². The second-order valence-electron chi connectivity index (χ2n) is 6.22. The van der Waals surface area contributed by atoms with E-state index in [1.807, 2.05) is 13.8 Å². The van der Waals surface area contributed by atoms with Crippen LogP contribution in [-0.2, 0) is 20.9 Å². The topological polar surface area (TPSA) is 38.8 Å². The summed E-state index contributed by atoms with van der Waals surface area (Å²) in [6, 6.07) is 4.87. The summed E-state index contributed by atoms with van der Waals surface area (Å²) in [5.74, 6) is 2.75. The predicted octanol–water partition coefficient (Wildman–Crippen LogP) is 7.67. The van der Waals surface area contributed by atoms with Crippen LogP contribution in [0.15, 0.2) is 41.3 Å². The zero-order valence-electron chi connectivity index (χ0n) is 20.5. The fourth-order valence-electron chi connectivity index (χ4n) is 2.63. The summed E-state index contributed by atoms with van der Waals surface area (Å²) in [6.07, 6.45) is 2.16. The molecule has 2 rings (SSSR count). The Morgan fingerprint density at radius 2 is 1.91 bits per heavy atom. The molecule has 4 nitrogen and oxygen atoms in total. The summed E-state index contributed by atoms with van der Waals surface area (Å²) >= 11 is 5.98. The van der Waals surface area contributed by atoms with Gasteiger partial charge in [0.1, 0.15) is 18.1 Å². The maximum Gasteiger partial charge on any atom is 0.431 e. The summed E-state index contributed by atoms with van der Waals surface area (Å²) in [5.41, 5.74) is 0.774. The molecule has 1 aliphatic rings. The lowest BCUT2D eigenvalue weighted by molar-refractivity contribution is -0.128. The van der Waals surface area contributed by atoms with Crippen molar-refractivity contribution in [3.63, 3.8) is 0 Å². The number of halogens is 4. The van der Waals surface area contributed by atoms with Gasteiger partial charge in [0.2, 0.25) is 0 Å². The first-order chi connectivity index (χ1) is 15.6. The highest BCUT2D eigenvalue weighted by Crippen LogP contribution is 2.39. The first-order valence-electron chi connectivity index (χ1n) is 10.6. The molecule has 0 atom stereocenters. The second kappa shape index (κ2) is 17.9. The van der Waals surface area contributed by atoms with E-state index in [9.17, 15) is 18.0 Å². The molecule has 33 heavy (non-hydrogen) atoms. The van der Waals surface area contributed by atoms with Gasteiger partial charge >= 0.3 is 6.18 Å². The van der Waals surface area contributed by atoms with E-state index < -0.39 is 11.9 Å². The molecule has 0 aliphatic carbocycles. The lowest BCUT2D eigenvalue weighted by Gasteiger charge is -2.30. The number of ether oxygens (including phenoxy) is 2. The van der Waals surface area contributed by atoms with Crippen molar-refractivity contribution in [2.24, 2.45) is 0 Å². The predicted molar refractivity (Wildman–Crippen MR) is 130 cm³/mol. The zero-order chi connectivity index (χ0) is 26.0. The van der Waals surface area contributed by atoms with Gasteiger partial charge in [0, 0.05) is 16.3 Å². The molecule has 0 N–H and O–H groups in total. The number of hydrogen-bond acceptors (Lipinski definition) is 4. The molecule has 1 aromatic rings. The summed E-state index contributed by atoms with van der Waals surface area (Å²) < 4.78 is 50.8. The molecule has 0 spiro atoms. The molecule has 0 bridgehead atoms. The number of fused-ring (bicyclic) bond motifs is 1. The molecule has 0 fully saturated rings. The van der Waals surface area contributed by atoms with Gasteiger partial charge in [-0.1, -0.05) is 32.4 Å². The maximum atomic E-state index is 13.7. The van der Waals surface area contributed by atoms with Gasteiger partial charge in [0.25, 0.3) is 6.47 Å². The van der Waals surface area contributed by atoms with E-state index in [4.69, 9.17) is 16.3 Å². The minimum Gasteiger partial charge on any atom is -0.492 e. The van der Waals surface area contributed by atoms with Crippen LogP contribution in [0.25, 0.3) is 0 Å². The van der Waals surface area contributed by atoms with E-state index >= 15 is 0 Å². The van der Waals surface area contributed by atoms with Crippen LogP contribution in [0.4, 0.5) is 18.9 Å². The summed E-state index contributed by atoms with van der Waals surface area (Å²) in [7, 11) is 0. The Morgan fingerprint density at radius 1 is 1.33 bits per heavy atom. The van der Waals surface area contributed by atoms with E-state index in [1.165, 1.54) is 11.8 Å². The van der Waals surface area contributed by atoms with Crippen molar-refractivity contribution in [1.82, 2.24) is 0 Å². The molecule has 0 unspecified atom stereocenters. The normalized spacial score (nSPS) is 14.1. The monoisotopic (exact) mass is 489 g/mol. The molecule has 8 heteroatoms. The number of carbonyl (C=O) groups is 1. The summed E-state index contributed by atoms with van der Waals surface area (Å²) in [4.78, 5) is 10.5. The van der Waals surface area contributed by atoms with Gasteiger partial charge in [0.15, 0.2) is 0 Å². The highest BCUT2D eigenvalue weighted by molar-refractivity contribution is 6.30. The van der Waals surface area contributed by atoms with Crippen LogP contribution in [0.3, 0.4) is 0 Å². The van der Waals surface area contributed by atoms with Gasteiger partial charge < -0.3 is 14.4 Å². The molecule has 1 aromatic carbocycles. The van der Waals surface area contributed by atoms with Gasteiger partial charge in [-0.2, -0.15) is 13.2 Å². The van der Waals surface area contributed by atoms with Crippen molar-refractivity contribution in [2.75, 3.05) is 18.1 Å². The third kappa shape index (κ3) is 11.7. The van der Waals surface area contributed by atoms with Crippen LogP contribution in [0, 0.1) is 12.3 Å². The Labute approximate surface area is 201 Å². The minimum absolute atomic E-state index is 0.0390. The molecule has 0 amide bonds. The maximum absolute atomic E-state index is 13.7. The summed E-state index contributed by atoms with van der Waals surface area (Å²) in [5, 5.41) is 0.473. The van der Waals surface area contributed by atoms with Crippen molar-refractivity contribution in [3.05, 3.63) is 51.9 Å². The van der Waals surface area contributed by atoms with Crippen molar-refractivity contribution in [2.45, 2.75) is 67.7 Å². The van der Waals surface area contributed by atoms with Crippen LogP contribution in [0.5, 0.6) is 0 Å². The number of anilines is 1. The van der Waals surface area contributed by atoms with E-state index in [2.05, 4.69) is 17.1 Å². The quantitative estimate of drug-likeness (QED) is 0.321. The van der Waals surface area contributed by atoms with Gasteiger partial charge in [-0.05, 0) is 64.0 Å². The lowest BCUT2D eigenvalue weighted by Crippen LogP contribution is -2.34. The van der Waals surface area contributed by atoms with Crippen molar-refractivity contribution < 1.29 is 27.4 Å². The van der Waals surface area contributed by atoms with E-state index in [0.717, 1.165) is 0 Å². The molecule has 0 radical (unpaired) electrons. The molecular formula is C25H35ClF3NO3. The number of allylic oxidation sites excluding steroid dienone is 3. The highest BCUT2D eigenvalue weighted by Gasteiger charge is 2.41. The number of rotatable bonds is 4. The van der Waals surface area contributed by atoms with Gasteiger partial charge in [-0.15, -0.1) is 12.3 Å². The van der Waals surface area contributed by atoms with Crippen LogP contribution >= 0.6 is 11.6 Å². The number of terminal acetylenes is 1. The SMILES string of the molecule is C#CC.C/C=C1\CN(/C(=C(\C)CC)C(F)(F)F)c2ccc(Cl)cc2CO1.CC.CCOC=O. The molecule has 186 valence electrons. The van der Waals surface area contributed by atoms with E-state index in [1.54, 1.807) is 52.0 Å². The highest BCUT2D eigenvalue weighted by atomic mass is 35.5. The molecular weight excluding hydrogens is 455 g/mol. The first kappa shape index (κ1) is 32.6. The fourth-order valence-corrected chi connectivity index (χ4v) is 2.82. The fraction of sp³-hybridized carbons (Fsp3) is 0.480. The molecule has 0 saturated carbocycles. The molecule has 0 saturated heterocycles. The van der Waals surface area contributed by atoms with Crippen LogP contribution < -0.4 is 4.90 Å². The lowest BCUT2D eigenvalue weighted by atomic mass is 10.1. The van der Waals surface area contributed by atoms with E-state index in [0.29, 0.717) is 41.5 Å². The van der Waals surface area contributed by atoms with Crippen LogP contribution in [0.2, 0.25) is 5.02 Å². The average Bonchev–Trinajstić information content (AvgIpc) is 2.95. The largest absolute Gasteiger partial charge is 0.492 e. The third-order valence-corrected chi connectivity index (χ3v) is 4.32. The molecule has 1 aliphatic heterocycles. The number of benzene rings is 1. The standard InChI is InChI=1S/C17H19ClF3NO.C3H6O2.C3H4.C2H6/c1-4-11(3)16(17(19,20)21)22-9-14(5-2)23-10-12-8-13(18)6-7-15(12)22;1-2-5-3-4;1-3-2;1-2/h5-8H,4,9-10H2,1-3H3;3H,2H2,1H3;1H,2H3;1-2H3/b14-5+,16-11+;;;. The van der Waals surface area contributed by atoms with Crippen molar-refractivity contribution >= 4 is 23.8 Å². The number of alkyl halides is 3. The molecule has 0 aromatic heterocycles. The Kier molecular flexibility index (Phi) is 17.7. The van der Waals surface area contributed by atoms with Gasteiger partial charge in [-0.25, -0.2) is 0 Å². The Balaban J connectivity index is 0. The third-order valence-electron chi connectivity index (χ3n) is 4.09.